The minimum absolute atomic E-state index is 0.502. The second-order valence-electron chi connectivity index (χ2n) is 3.35. The molecule has 2 N–H and O–H groups in total. The van der Waals surface area contributed by atoms with E-state index in [-0.39, 0.29) is 0 Å². The molecule has 1 heterocycles. The highest BCUT2D eigenvalue weighted by molar-refractivity contribution is 4.99. The molecule has 3 nitrogen and oxygen atoms in total. The molecule has 0 saturated carbocycles. The van der Waals surface area contributed by atoms with Crippen molar-refractivity contribution < 1.29 is 4.74 Å². The molecule has 1 unspecified atom stereocenters. The predicted molar refractivity (Wildman–Crippen MR) is 50.0 cm³/mol. The average Bonchev–Trinajstić information content (AvgIpc) is 2.09. The fourth-order valence-electron chi connectivity index (χ4n) is 1.35. The van der Waals surface area contributed by atoms with Crippen LogP contribution in [0.15, 0.2) is 12.2 Å². The van der Waals surface area contributed by atoms with Crippen LogP contribution in [0.2, 0.25) is 0 Å². The number of nitrogens with two attached hydrogens (primary N) is 1. The van der Waals surface area contributed by atoms with E-state index in [0.29, 0.717) is 12.6 Å². The molecule has 0 aromatic heterocycles. The summed E-state index contributed by atoms with van der Waals surface area (Å²) in [7, 11) is 0. The summed E-state index contributed by atoms with van der Waals surface area (Å²) in [6.45, 7) is 10.2. The number of hydrogen-bond donors (Lipinski definition) is 1. The molecule has 1 rings (SSSR count). The van der Waals surface area contributed by atoms with Gasteiger partial charge in [0.15, 0.2) is 0 Å². The molecule has 1 aliphatic rings. The fraction of sp³-hybridized carbons (Fsp3) is 0.778. The summed E-state index contributed by atoms with van der Waals surface area (Å²) in [5.74, 6) is 0. The quantitative estimate of drug-likeness (QED) is 0.616. The highest BCUT2D eigenvalue weighted by Gasteiger charge is 2.18. The summed E-state index contributed by atoms with van der Waals surface area (Å²) in [6, 6.07) is 0.502. The molecule has 1 fully saturated rings. The molecular formula is C9H18N2O. The minimum atomic E-state index is 0.502. The Kier molecular flexibility index (Phi) is 3.72. The van der Waals surface area contributed by atoms with Crippen LogP contribution in [-0.2, 0) is 4.74 Å². The van der Waals surface area contributed by atoms with E-state index in [2.05, 4.69) is 18.4 Å². The lowest BCUT2D eigenvalue weighted by molar-refractivity contribution is 0.00430. The van der Waals surface area contributed by atoms with Crippen LogP contribution in [0.25, 0.3) is 0 Å². The molecule has 12 heavy (non-hydrogen) atoms. The van der Waals surface area contributed by atoms with Crippen molar-refractivity contribution >= 4 is 0 Å². The fourth-order valence-corrected chi connectivity index (χ4v) is 1.35. The van der Waals surface area contributed by atoms with Crippen LogP contribution in [0.4, 0.5) is 0 Å². The second-order valence-corrected chi connectivity index (χ2v) is 3.35. The molecule has 3 heteroatoms. The number of rotatable bonds is 3. The third kappa shape index (κ3) is 2.59. The van der Waals surface area contributed by atoms with Crippen molar-refractivity contribution in [3.05, 3.63) is 12.2 Å². The van der Waals surface area contributed by atoms with Gasteiger partial charge < -0.3 is 10.5 Å². The van der Waals surface area contributed by atoms with Gasteiger partial charge in [-0.3, -0.25) is 4.90 Å². The van der Waals surface area contributed by atoms with Gasteiger partial charge in [0.2, 0.25) is 0 Å². The van der Waals surface area contributed by atoms with Gasteiger partial charge >= 0.3 is 0 Å². The highest BCUT2D eigenvalue weighted by Crippen LogP contribution is 2.07. The molecule has 0 spiro atoms. The van der Waals surface area contributed by atoms with Gasteiger partial charge in [-0.15, -0.1) is 0 Å². The maximum Gasteiger partial charge on any atom is 0.0619 e. The minimum Gasteiger partial charge on any atom is -0.379 e. The highest BCUT2D eigenvalue weighted by atomic mass is 16.5. The third-order valence-electron chi connectivity index (χ3n) is 2.22. The van der Waals surface area contributed by atoms with Crippen molar-refractivity contribution in [2.24, 2.45) is 5.73 Å². The Hall–Kier alpha value is -0.380. The molecule has 0 aromatic carbocycles. The van der Waals surface area contributed by atoms with Gasteiger partial charge in [-0.1, -0.05) is 6.58 Å². The lowest BCUT2D eigenvalue weighted by Crippen LogP contribution is -2.44. The van der Waals surface area contributed by atoms with E-state index in [0.717, 1.165) is 31.9 Å². The van der Waals surface area contributed by atoms with Crippen molar-refractivity contribution in [2.75, 3.05) is 32.8 Å². The van der Waals surface area contributed by atoms with Gasteiger partial charge in [0, 0.05) is 25.7 Å². The van der Waals surface area contributed by atoms with Crippen molar-refractivity contribution in [1.29, 1.82) is 0 Å². The summed E-state index contributed by atoms with van der Waals surface area (Å²) >= 11 is 0. The summed E-state index contributed by atoms with van der Waals surface area (Å²) < 4.78 is 5.32. The van der Waals surface area contributed by atoms with Crippen LogP contribution < -0.4 is 5.73 Å². The number of ether oxygens (including phenoxy) is 1. The van der Waals surface area contributed by atoms with Gasteiger partial charge in [-0.05, 0) is 12.5 Å². The normalized spacial score (nSPS) is 25.7. The second kappa shape index (κ2) is 4.60. The van der Waals surface area contributed by atoms with E-state index in [9.17, 15) is 0 Å². The number of morpholine rings is 1. The Labute approximate surface area is 74.2 Å². The van der Waals surface area contributed by atoms with Gasteiger partial charge in [-0.25, -0.2) is 0 Å². The molecule has 70 valence electrons. The summed E-state index contributed by atoms with van der Waals surface area (Å²) in [5.41, 5.74) is 6.58. The van der Waals surface area contributed by atoms with E-state index in [1.807, 2.05) is 0 Å². The average molecular weight is 170 g/mol. The molecule has 1 aliphatic heterocycles. The zero-order valence-corrected chi connectivity index (χ0v) is 7.75. The van der Waals surface area contributed by atoms with Crippen LogP contribution in [0.1, 0.15) is 6.92 Å². The SMILES string of the molecule is C=C(CN)CN1CCOCC1C. The predicted octanol–water partition coefficient (Wildman–Crippen LogP) is 0.222. The first-order valence-corrected chi connectivity index (χ1v) is 4.42. The van der Waals surface area contributed by atoms with Gasteiger partial charge in [0.1, 0.15) is 0 Å². The Balaban J connectivity index is 2.33. The largest absolute Gasteiger partial charge is 0.379 e. The lowest BCUT2D eigenvalue weighted by Gasteiger charge is -2.33. The van der Waals surface area contributed by atoms with Crippen LogP contribution in [0, 0.1) is 0 Å². The Morgan fingerprint density at radius 3 is 3.08 bits per heavy atom. The van der Waals surface area contributed by atoms with E-state index in [1.54, 1.807) is 0 Å². The van der Waals surface area contributed by atoms with Crippen molar-refractivity contribution in [3.63, 3.8) is 0 Å². The molecule has 0 aliphatic carbocycles. The van der Waals surface area contributed by atoms with Crippen LogP contribution in [-0.4, -0.2) is 43.8 Å². The van der Waals surface area contributed by atoms with E-state index < -0.39 is 0 Å². The van der Waals surface area contributed by atoms with Crippen LogP contribution in [0.3, 0.4) is 0 Å². The lowest BCUT2D eigenvalue weighted by atomic mass is 10.2. The van der Waals surface area contributed by atoms with Crippen LogP contribution >= 0.6 is 0 Å². The Morgan fingerprint density at radius 1 is 1.75 bits per heavy atom. The molecule has 0 bridgehead atoms. The number of nitrogens with zero attached hydrogens (tertiary/aromatic N) is 1. The van der Waals surface area contributed by atoms with E-state index in [4.69, 9.17) is 10.5 Å². The molecule has 0 aromatic rings. The first-order valence-electron chi connectivity index (χ1n) is 4.42. The van der Waals surface area contributed by atoms with Crippen molar-refractivity contribution in [1.82, 2.24) is 4.90 Å². The van der Waals surface area contributed by atoms with Gasteiger partial charge in [-0.2, -0.15) is 0 Å². The zero-order valence-electron chi connectivity index (χ0n) is 7.75. The number of hydrogen-bond acceptors (Lipinski definition) is 3. The monoisotopic (exact) mass is 170 g/mol. The molecule has 0 radical (unpaired) electrons. The first-order chi connectivity index (χ1) is 5.74. The van der Waals surface area contributed by atoms with E-state index in [1.165, 1.54) is 0 Å². The van der Waals surface area contributed by atoms with E-state index >= 15 is 0 Å². The molecular weight excluding hydrogens is 152 g/mol. The van der Waals surface area contributed by atoms with Crippen molar-refractivity contribution in [2.45, 2.75) is 13.0 Å². The van der Waals surface area contributed by atoms with Gasteiger partial charge in [0.05, 0.1) is 13.2 Å². The zero-order chi connectivity index (χ0) is 8.97. The maximum atomic E-state index is 5.48. The van der Waals surface area contributed by atoms with Crippen molar-refractivity contribution in [3.8, 4) is 0 Å². The Bertz CT molecular complexity index is 159. The maximum absolute atomic E-state index is 5.48. The standard InChI is InChI=1S/C9H18N2O/c1-8(5-10)6-11-3-4-12-7-9(11)2/h9H,1,3-7,10H2,2H3. The third-order valence-corrected chi connectivity index (χ3v) is 2.22. The Morgan fingerprint density at radius 2 is 2.50 bits per heavy atom. The smallest absolute Gasteiger partial charge is 0.0619 e. The molecule has 0 amide bonds. The van der Waals surface area contributed by atoms with Crippen LogP contribution in [0.5, 0.6) is 0 Å². The summed E-state index contributed by atoms with van der Waals surface area (Å²) in [5, 5.41) is 0. The molecule has 1 saturated heterocycles. The summed E-state index contributed by atoms with van der Waals surface area (Å²) in [4.78, 5) is 2.36. The van der Waals surface area contributed by atoms with Gasteiger partial charge in [0.25, 0.3) is 0 Å². The molecule has 1 atom stereocenters. The summed E-state index contributed by atoms with van der Waals surface area (Å²) in [6.07, 6.45) is 0. The first kappa shape index (κ1) is 9.71. The topological polar surface area (TPSA) is 38.5 Å².